The summed E-state index contributed by atoms with van der Waals surface area (Å²) in [5.74, 6) is 0.209. The molecule has 138 valence electrons. The molecule has 1 aromatic carbocycles. The van der Waals surface area contributed by atoms with Crippen molar-refractivity contribution in [2.45, 2.75) is 31.5 Å². The Kier molecular flexibility index (Phi) is 5.34. The fourth-order valence-electron chi connectivity index (χ4n) is 3.84. The number of alkyl halides is 3. The van der Waals surface area contributed by atoms with Crippen molar-refractivity contribution in [3.8, 4) is 0 Å². The molecule has 0 bridgehead atoms. The number of amides is 1. The molecular weight excluding hydrogens is 333 g/mol. The van der Waals surface area contributed by atoms with Crippen LogP contribution >= 0.6 is 0 Å². The van der Waals surface area contributed by atoms with E-state index in [-0.39, 0.29) is 24.3 Å². The number of ether oxygens (including phenoxy) is 1. The lowest BCUT2D eigenvalue weighted by Gasteiger charge is -2.35. The summed E-state index contributed by atoms with van der Waals surface area (Å²) in [6.07, 6.45) is -2.11. The van der Waals surface area contributed by atoms with Crippen LogP contribution in [0.3, 0.4) is 0 Å². The molecular formula is C18H23F3N2O2. The van der Waals surface area contributed by atoms with Gasteiger partial charge in [0.15, 0.2) is 0 Å². The summed E-state index contributed by atoms with van der Waals surface area (Å²) >= 11 is 0. The zero-order chi connectivity index (χ0) is 18.0. The second-order valence-electron chi connectivity index (χ2n) is 6.80. The third-order valence-electron chi connectivity index (χ3n) is 5.24. The molecule has 1 unspecified atom stereocenters. The lowest BCUT2D eigenvalue weighted by molar-refractivity contribution is -0.145. The van der Waals surface area contributed by atoms with Crippen molar-refractivity contribution in [1.29, 1.82) is 0 Å². The van der Waals surface area contributed by atoms with E-state index in [1.165, 1.54) is 6.07 Å². The Morgan fingerprint density at radius 1 is 1.32 bits per heavy atom. The van der Waals surface area contributed by atoms with E-state index in [4.69, 9.17) is 10.5 Å². The summed E-state index contributed by atoms with van der Waals surface area (Å²) < 4.78 is 44.4. The second-order valence-corrected chi connectivity index (χ2v) is 6.80. The molecule has 7 heteroatoms. The predicted octanol–water partition coefficient (Wildman–Crippen LogP) is 2.98. The molecule has 1 saturated heterocycles. The van der Waals surface area contributed by atoms with Gasteiger partial charge in [-0.2, -0.15) is 13.2 Å². The van der Waals surface area contributed by atoms with Crippen LogP contribution in [0.25, 0.3) is 0 Å². The van der Waals surface area contributed by atoms with Crippen molar-refractivity contribution in [3.63, 3.8) is 0 Å². The molecule has 25 heavy (non-hydrogen) atoms. The van der Waals surface area contributed by atoms with Crippen molar-refractivity contribution < 1.29 is 22.7 Å². The molecule has 1 aromatic rings. The topological polar surface area (TPSA) is 55.6 Å². The van der Waals surface area contributed by atoms with Gasteiger partial charge in [0.1, 0.15) is 6.10 Å². The monoisotopic (exact) mass is 356 g/mol. The zero-order valence-corrected chi connectivity index (χ0v) is 14.0. The first-order valence-corrected chi connectivity index (χ1v) is 8.67. The number of carbonyl (C=O) groups excluding carboxylic acids is 1. The molecule has 4 nitrogen and oxygen atoms in total. The molecule has 1 aliphatic carbocycles. The van der Waals surface area contributed by atoms with E-state index in [0.29, 0.717) is 25.3 Å². The molecule has 1 heterocycles. The van der Waals surface area contributed by atoms with Gasteiger partial charge >= 0.3 is 6.18 Å². The second kappa shape index (κ2) is 7.33. The highest BCUT2D eigenvalue weighted by molar-refractivity contribution is 5.79. The summed E-state index contributed by atoms with van der Waals surface area (Å²) in [6.45, 7) is 1.58. The van der Waals surface area contributed by atoms with Crippen molar-refractivity contribution in [2.24, 2.45) is 17.6 Å². The number of nitrogens with zero attached hydrogens (tertiary/aromatic N) is 1. The normalized spacial score (nSPS) is 27.5. The van der Waals surface area contributed by atoms with Gasteiger partial charge in [0, 0.05) is 12.5 Å². The van der Waals surface area contributed by atoms with Crippen LogP contribution in [0.4, 0.5) is 13.2 Å². The number of carbonyl (C=O) groups is 1. The molecule has 2 aliphatic rings. The number of benzene rings is 1. The molecule has 2 N–H and O–H groups in total. The van der Waals surface area contributed by atoms with Gasteiger partial charge in [0.2, 0.25) is 5.91 Å². The quantitative estimate of drug-likeness (QED) is 0.906. The summed E-state index contributed by atoms with van der Waals surface area (Å²) in [7, 11) is 0. The van der Waals surface area contributed by atoms with Gasteiger partial charge in [-0.3, -0.25) is 4.79 Å². The smallest absolute Gasteiger partial charge is 0.370 e. The highest BCUT2D eigenvalue weighted by atomic mass is 19.4. The Labute approximate surface area is 145 Å². The summed E-state index contributed by atoms with van der Waals surface area (Å²) in [5, 5.41) is 0. The van der Waals surface area contributed by atoms with Gasteiger partial charge in [-0.25, -0.2) is 0 Å². The molecule has 0 radical (unpaired) electrons. The van der Waals surface area contributed by atoms with Crippen LogP contribution in [0.15, 0.2) is 24.3 Å². The van der Waals surface area contributed by atoms with Crippen LogP contribution in [0.1, 0.15) is 36.5 Å². The Hall–Kier alpha value is -1.60. The molecule has 1 amide bonds. The first kappa shape index (κ1) is 18.2. The largest absolute Gasteiger partial charge is 0.416 e. The predicted molar refractivity (Wildman–Crippen MR) is 86.6 cm³/mol. The van der Waals surface area contributed by atoms with Gasteiger partial charge in [-0.05, 0) is 43.0 Å². The Morgan fingerprint density at radius 3 is 2.84 bits per heavy atom. The van der Waals surface area contributed by atoms with Crippen LogP contribution in [0, 0.1) is 11.8 Å². The minimum Gasteiger partial charge on any atom is -0.370 e. The number of nitrogens with two attached hydrogens (primary N) is 1. The fraction of sp³-hybridized carbons (Fsp3) is 0.611. The van der Waals surface area contributed by atoms with Gasteiger partial charge in [-0.15, -0.1) is 0 Å². The number of rotatable bonds is 3. The molecule has 0 aromatic heterocycles. The molecule has 3 atom stereocenters. The Balaban J connectivity index is 1.72. The van der Waals surface area contributed by atoms with Crippen LogP contribution in [-0.2, 0) is 15.7 Å². The number of morpholine rings is 1. The highest BCUT2D eigenvalue weighted by Crippen LogP contribution is 2.35. The molecule has 1 saturated carbocycles. The molecule has 2 fully saturated rings. The number of hydrogen-bond acceptors (Lipinski definition) is 3. The lowest BCUT2D eigenvalue weighted by Crippen LogP contribution is -2.46. The SMILES string of the molecule is NC[C@H]1CCC[C@H]1C(=O)N1CCOC(c2cccc(C(F)(F)F)c2)C1. The van der Waals surface area contributed by atoms with E-state index in [1.807, 2.05) is 0 Å². The lowest BCUT2D eigenvalue weighted by atomic mass is 9.94. The maximum atomic E-state index is 12.9. The van der Waals surface area contributed by atoms with E-state index in [1.54, 1.807) is 11.0 Å². The van der Waals surface area contributed by atoms with Crippen molar-refractivity contribution in [3.05, 3.63) is 35.4 Å². The molecule has 0 spiro atoms. The minimum absolute atomic E-state index is 0.0632. The molecule has 3 rings (SSSR count). The zero-order valence-electron chi connectivity index (χ0n) is 14.0. The average Bonchev–Trinajstić information content (AvgIpc) is 3.09. The van der Waals surface area contributed by atoms with E-state index in [0.717, 1.165) is 31.4 Å². The Morgan fingerprint density at radius 2 is 2.12 bits per heavy atom. The van der Waals surface area contributed by atoms with Gasteiger partial charge in [-0.1, -0.05) is 18.6 Å². The van der Waals surface area contributed by atoms with Gasteiger partial charge in [0.25, 0.3) is 0 Å². The third kappa shape index (κ3) is 3.98. The average molecular weight is 356 g/mol. The minimum atomic E-state index is -4.39. The number of halogens is 3. The highest BCUT2D eigenvalue weighted by Gasteiger charge is 2.37. The van der Waals surface area contributed by atoms with Crippen LogP contribution in [0.5, 0.6) is 0 Å². The van der Waals surface area contributed by atoms with E-state index in [2.05, 4.69) is 0 Å². The van der Waals surface area contributed by atoms with Gasteiger partial charge < -0.3 is 15.4 Å². The standard InChI is InChI=1S/C18H23F3N2O2/c19-18(20,21)14-5-1-3-12(9-14)16-11-23(7-8-25-16)17(24)15-6-2-4-13(15)10-22/h1,3,5,9,13,15-16H,2,4,6-8,10-11,22H2/t13-,15-,16?/m1/s1. The maximum Gasteiger partial charge on any atom is 0.416 e. The van der Waals surface area contributed by atoms with Crippen molar-refractivity contribution in [2.75, 3.05) is 26.2 Å². The first-order valence-electron chi connectivity index (χ1n) is 8.67. The third-order valence-corrected chi connectivity index (χ3v) is 5.24. The van der Waals surface area contributed by atoms with E-state index < -0.39 is 17.8 Å². The number of hydrogen-bond donors (Lipinski definition) is 1. The fourth-order valence-corrected chi connectivity index (χ4v) is 3.84. The van der Waals surface area contributed by atoms with E-state index in [9.17, 15) is 18.0 Å². The summed E-state index contributed by atoms with van der Waals surface area (Å²) in [5.41, 5.74) is 5.52. The molecule has 1 aliphatic heterocycles. The first-order chi connectivity index (χ1) is 11.9. The van der Waals surface area contributed by atoms with Crippen LogP contribution < -0.4 is 5.73 Å². The summed E-state index contributed by atoms with van der Waals surface area (Å²) in [6, 6.07) is 5.15. The van der Waals surface area contributed by atoms with Gasteiger partial charge in [0.05, 0.1) is 18.7 Å². The van der Waals surface area contributed by atoms with Crippen LogP contribution in [0.2, 0.25) is 0 Å². The Bertz CT molecular complexity index is 621. The van der Waals surface area contributed by atoms with E-state index >= 15 is 0 Å². The van der Waals surface area contributed by atoms with Crippen LogP contribution in [-0.4, -0.2) is 37.0 Å². The van der Waals surface area contributed by atoms with Crippen molar-refractivity contribution >= 4 is 5.91 Å². The van der Waals surface area contributed by atoms with Crippen molar-refractivity contribution in [1.82, 2.24) is 4.90 Å². The maximum absolute atomic E-state index is 12.9. The summed E-state index contributed by atoms with van der Waals surface area (Å²) in [4.78, 5) is 14.5.